The van der Waals surface area contributed by atoms with E-state index in [9.17, 15) is 9.59 Å². The Morgan fingerprint density at radius 3 is 2.18 bits per heavy atom. The maximum absolute atomic E-state index is 11.1. The number of aryl methyl sites for hydroxylation is 2. The summed E-state index contributed by atoms with van der Waals surface area (Å²) in [6.07, 6.45) is 0. The predicted molar refractivity (Wildman–Crippen MR) is 66.9 cm³/mol. The van der Waals surface area contributed by atoms with Crippen molar-refractivity contribution in [1.29, 1.82) is 0 Å². The van der Waals surface area contributed by atoms with Crippen LogP contribution in [0.2, 0.25) is 0 Å². The Morgan fingerprint density at radius 1 is 0.941 bits per heavy atom. The van der Waals surface area contributed by atoms with Gasteiger partial charge < -0.3 is 5.32 Å². The molecule has 0 fully saturated rings. The van der Waals surface area contributed by atoms with E-state index in [0.29, 0.717) is 5.82 Å². The zero-order valence-electron chi connectivity index (χ0n) is 9.63. The summed E-state index contributed by atoms with van der Waals surface area (Å²) in [5, 5.41) is 2.99. The third kappa shape index (κ3) is 2.84. The minimum absolute atomic E-state index is 0.378. The molecule has 1 aromatic carbocycles. The lowest BCUT2D eigenvalue weighted by Crippen LogP contribution is -2.22. The van der Waals surface area contributed by atoms with Gasteiger partial charge in [-0.3, -0.25) is 14.8 Å². The highest BCUT2D eigenvalue weighted by molar-refractivity contribution is 5.57. The Labute approximate surface area is 97.5 Å². The molecule has 88 valence electrons. The predicted octanol–water partition coefficient (Wildman–Crippen LogP) is 1.42. The summed E-state index contributed by atoms with van der Waals surface area (Å²) in [6, 6.07) is 7.23. The molecule has 0 aliphatic heterocycles. The minimum atomic E-state index is -0.524. The zero-order chi connectivity index (χ0) is 12.4. The molecule has 0 bridgehead atoms. The van der Waals surface area contributed by atoms with Gasteiger partial charge in [0.1, 0.15) is 5.82 Å². The van der Waals surface area contributed by atoms with Gasteiger partial charge in [0, 0.05) is 11.8 Å². The molecule has 0 aliphatic rings. The van der Waals surface area contributed by atoms with Crippen LogP contribution in [0.4, 0.5) is 11.5 Å². The van der Waals surface area contributed by atoms with Crippen LogP contribution in [0.5, 0.6) is 0 Å². The summed E-state index contributed by atoms with van der Waals surface area (Å²) in [5.41, 5.74) is 2.10. The number of nitrogens with one attached hydrogen (secondary N) is 3. The maximum atomic E-state index is 11.1. The average Bonchev–Trinajstić information content (AvgIpc) is 2.13. The van der Waals surface area contributed by atoms with Gasteiger partial charge in [-0.05, 0) is 37.1 Å². The Hall–Kier alpha value is -2.30. The first-order valence-electron chi connectivity index (χ1n) is 5.22. The van der Waals surface area contributed by atoms with E-state index in [2.05, 4.69) is 15.3 Å². The molecule has 0 saturated heterocycles. The minimum Gasteiger partial charge on any atom is -0.342 e. The van der Waals surface area contributed by atoms with Crippen molar-refractivity contribution in [3.8, 4) is 0 Å². The second-order valence-electron chi connectivity index (χ2n) is 4.00. The molecule has 0 amide bonds. The standard InChI is InChI=1S/C12H13N3O2/c1-7-3-8(2)5-9(4-7)13-10-6-11(16)15-12(17)14-10/h3-6H,1-2H3,(H3,13,14,15,16,17). The molecular formula is C12H13N3O2. The van der Waals surface area contributed by atoms with E-state index in [0.717, 1.165) is 16.8 Å². The molecular weight excluding hydrogens is 218 g/mol. The van der Waals surface area contributed by atoms with E-state index in [-0.39, 0.29) is 0 Å². The van der Waals surface area contributed by atoms with Gasteiger partial charge in [0.25, 0.3) is 5.56 Å². The van der Waals surface area contributed by atoms with E-state index >= 15 is 0 Å². The summed E-state index contributed by atoms with van der Waals surface area (Å²) in [4.78, 5) is 26.8. The number of hydrogen-bond acceptors (Lipinski definition) is 3. The SMILES string of the molecule is Cc1cc(C)cc(Nc2cc(=O)[nH]c(=O)[nH]2)c1. The molecule has 5 heteroatoms. The van der Waals surface area contributed by atoms with Gasteiger partial charge in [-0.15, -0.1) is 0 Å². The number of aromatic amines is 2. The summed E-state index contributed by atoms with van der Waals surface area (Å²) in [7, 11) is 0. The third-order valence-corrected chi connectivity index (χ3v) is 2.26. The van der Waals surface area contributed by atoms with Crippen LogP contribution in [0, 0.1) is 13.8 Å². The highest BCUT2D eigenvalue weighted by Crippen LogP contribution is 2.16. The second-order valence-corrected chi connectivity index (χ2v) is 4.00. The van der Waals surface area contributed by atoms with E-state index in [1.165, 1.54) is 6.07 Å². The first-order valence-corrected chi connectivity index (χ1v) is 5.22. The smallest absolute Gasteiger partial charge is 0.327 e. The first-order chi connectivity index (χ1) is 8.02. The average molecular weight is 231 g/mol. The lowest BCUT2D eigenvalue weighted by molar-refractivity contribution is 1.04. The highest BCUT2D eigenvalue weighted by atomic mass is 16.2. The monoisotopic (exact) mass is 231 g/mol. The largest absolute Gasteiger partial charge is 0.342 e. The Kier molecular flexibility index (Phi) is 2.82. The van der Waals surface area contributed by atoms with Crippen LogP contribution in [0.25, 0.3) is 0 Å². The number of rotatable bonds is 2. The van der Waals surface area contributed by atoms with Gasteiger partial charge >= 0.3 is 5.69 Å². The molecule has 0 saturated carbocycles. The number of benzene rings is 1. The molecule has 1 aromatic heterocycles. The second kappa shape index (κ2) is 4.29. The molecule has 3 N–H and O–H groups in total. The van der Waals surface area contributed by atoms with Crippen molar-refractivity contribution in [3.63, 3.8) is 0 Å². The summed E-state index contributed by atoms with van der Waals surface area (Å²) < 4.78 is 0. The lowest BCUT2D eigenvalue weighted by Gasteiger charge is -2.07. The van der Waals surface area contributed by atoms with Crippen LogP contribution in [0.1, 0.15) is 11.1 Å². The fourth-order valence-electron chi connectivity index (χ4n) is 1.74. The van der Waals surface area contributed by atoms with Gasteiger partial charge in [-0.2, -0.15) is 0 Å². The van der Waals surface area contributed by atoms with Gasteiger partial charge in [-0.25, -0.2) is 4.79 Å². The fourth-order valence-corrected chi connectivity index (χ4v) is 1.74. The highest BCUT2D eigenvalue weighted by Gasteiger charge is 1.99. The molecule has 0 atom stereocenters. The quantitative estimate of drug-likeness (QED) is 0.731. The first kappa shape index (κ1) is 11.2. The van der Waals surface area contributed by atoms with E-state index in [1.54, 1.807) is 0 Å². The van der Waals surface area contributed by atoms with Gasteiger partial charge in [0.15, 0.2) is 0 Å². The lowest BCUT2D eigenvalue weighted by atomic mass is 10.1. The topological polar surface area (TPSA) is 77.8 Å². The van der Waals surface area contributed by atoms with Crippen LogP contribution < -0.4 is 16.6 Å². The number of aromatic nitrogens is 2. The van der Waals surface area contributed by atoms with E-state index in [1.807, 2.05) is 32.0 Å². The summed E-state index contributed by atoms with van der Waals surface area (Å²) in [6.45, 7) is 3.97. The van der Waals surface area contributed by atoms with Crippen molar-refractivity contribution in [2.75, 3.05) is 5.32 Å². The van der Waals surface area contributed by atoms with Crippen LogP contribution in [0.15, 0.2) is 33.9 Å². The van der Waals surface area contributed by atoms with Crippen molar-refractivity contribution >= 4 is 11.5 Å². The molecule has 1 heterocycles. The third-order valence-electron chi connectivity index (χ3n) is 2.26. The van der Waals surface area contributed by atoms with Crippen LogP contribution >= 0.6 is 0 Å². The van der Waals surface area contributed by atoms with Gasteiger partial charge in [0.05, 0.1) is 0 Å². The van der Waals surface area contributed by atoms with Crippen molar-refractivity contribution in [3.05, 3.63) is 56.2 Å². The van der Waals surface area contributed by atoms with E-state index < -0.39 is 11.2 Å². The molecule has 2 aromatic rings. The molecule has 0 radical (unpaired) electrons. The van der Waals surface area contributed by atoms with Crippen molar-refractivity contribution in [1.82, 2.24) is 9.97 Å². The van der Waals surface area contributed by atoms with Gasteiger partial charge in [0.2, 0.25) is 0 Å². The summed E-state index contributed by atoms with van der Waals surface area (Å²) >= 11 is 0. The van der Waals surface area contributed by atoms with Gasteiger partial charge in [-0.1, -0.05) is 6.07 Å². The molecule has 0 aliphatic carbocycles. The molecule has 0 spiro atoms. The molecule has 17 heavy (non-hydrogen) atoms. The number of hydrogen-bond donors (Lipinski definition) is 3. The summed E-state index contributed by atoms with van der Waals surface area (Å²) in [5.74, 6) is 0.378. The molecule has 5 nitrogen and oxygen atoms in total. The van der Waals surface area contributed by atoms with Crippen LogP contribution in [0.3, 0.4) is 0 Å². The van der Waals surface area contributed by atoms with Crippen molar-refractivity contribution < 1.29 is 0 Å². The zero-order valence-corrected chi connectivity index (χ0v) is 9.63. The van der Waals surface area contributed by atoms with E-state index in [4.69, 9.17) is 0 Å². The number of anilines is 2. The Balaban J connectivity index is 2.37. The normalized spacial score (nSPS) is 10.2. The Morgan fingerprint density at radius 2 is 1.59 bits per heavy atom. The maximum Gasteiger partial charge on any atom is 0.327 e. The molecule has 0 unspecified atom stereocenters. The fraction of sp³-hybridized carbons (Fsp3) is 0.167. The van der Waals surface area contributed by atoms with Crippen LogP contribution in [-0.2, 0) is 0 Å². The van der Waals surface area contributed by atoms with Crippen molar-refractivity contribution in [2.45, 2.75) is 13.8 Å². The van der Waals surface area contributed by atoms with Crippen LogP contribution in [-0.4, -0.2) is 9.97 Å². The number of H-pyrrole nitrogens is 2. The Bertz CT molecular complexity index is 607. The van der Waals surface area contributed by atoms with Crippen molar-refractivity contribution in [2.24, 2.45) is 0 Å². The molecule has 2 rings (SSSR count).